The molecule has 2 heteroatoms. The molecule has 2 rings (SSSR count). The van der Waals surface area contributed by atoms with Crippen molar-refractivity contribution in [2.75, 3.05) is 0 Å². The molecule has 0 saturated heterocycles. The van der Waals surface area contributed by atoms with Crippen LogP contribution >= 0.6 is 0 Å². The summed E-state index contributed by atoms with van der Waals surface area (Å²) in [7, 11) is 0. The highest BCUT2D eigenvalue weighted by Crippen LogP contribution is 2.17. The number of aryl methyl sites for hydroxylation is 4. The number of amides is 1. The van der Waals surface area contributed by atoms with Crippen LogP contribution in [0.25, 0.3) is 0 Å². The fraction of sp³-hybridized carbons (Fsp3) is 0.350. The summed E-state index contributed by atoms with van der Waals surface area (Å²) in [6.45, 7) is 8.31. The molecule has 1 atom stereocenters. The van der Waals surface area contributed by atoms with Crippen LogP contribution in [0.4, 0.5) is 0 Å². The Morgan fingerprint density at radius 3 is 2.32 bits per heavy atom. The quantitative estimate of drug-likeness (QED) is 0.869. The molecule has 0 heterocycles. The fourth-order valence-corrected chi connectivity index (χ4v) is 2.44. The Kier molecular flexibility index (Phi) is 5.37. The van der Waals surface area contributed by atoms with Crippen LogP contribution in [0.2, 0.25) is 0 Å². The minimum Gasteiger partial charge on any atom is -0.350 e. The Labute approximate surface area is 133 Å². The van der Waals surface area contributed by atoms with E-state index < -0.39 is 0 Å². The molecule has 0 spiro atoms. The van der Waals surface area contributed by atoms with Gasteiger partial charge in [0.1, 0.15) is 0 Å². The van der Waals surface area contributed by atoms with Gasteiger partial charge in [0.05, 0.1) is 6.04 Å². The van der Waals surface area contributed by atoms with Gasteiger partial charge in [-0.05, 0) is 56.4 Å². The Balaban J connectivity index is 1.88. The molecule has 0 saturated carbocycles. The van der Waals surface area contributed by atoms with E-state index in [9.17, 15) is 4.79 Å². The van der Waals surface area contributed by atoms with Crippen LogP contribution in [0.3, 0.4) is 0 Å². The topological polar surface area (TPSA) is 29.1 Å². The maximum atomic E-state index is 12.1. The zero-order chi connectivity index (χ0) is 16.1. The van der Waals surface area contributed by atoms with E-state index >= 15 is 0 Å². The van der Waals surface area contributed by atoms with Crippen molar-refractivity contribution in [3.05, 3.63) is 70.3 Å². The van der Waals surface area contributed by atoms with Crippen molar-refractivity contribution in [3.63, 3.8) is 0 Å². The van der Waals surface area contributed by atoms with Crippen LogP contribution in [0.15, 0.2) is 42.5 Å². The van der Waals surface area contributed by atoms with E-state index in [1.807, 2.05) is 6.92 Å². The lowest BCUT2D eigenvalue weighted by atomic mass is 10.0. The highest BCUT2D eigenvalue weighted by molar-refractivity contribution is 5.76. The van der Waals surface area contributed by atoms with Crippen LogP contribution in [0.5, 0.6) is 0 Å². The highest BCUT2D eigenvalue weighted by Gasteiger charge is 2.10. The molecule has 116 valence electrons. The summed E-state index contributed by atoms with van der Waals surface area (Å²) >= 11 is 0. The van der Waals surface area contributed by atoms with E-state index in [1.54, 1.807) is 0 Å². The Morgan fingerprint density at radius 1 is 1.00 bits per heavy atom. The molecule has 0 aliphatic heterocycles. The Morgan fingerprint density at radius 2 is 1.68 bits per heavy atom. The van der Waals surface area contributed by atoms with Gasteiger partial charge in [-0.1, -0.05) is 48.0 Å². The highest BCUT2D eigenvalue weighted by atomic mass is 16.1. The molecule has 2 aromatic rings. The van der Waals surface area contributed by atoms with Gasteiger partial charge < -0.3 is 5.32 Å². The maximum absolute atomic E-state index is 12.1. The third kappa shape index (κ3) is 4.45. The molecule has 1 N–H and O–H groups in total. The third-order valence-corrected chi connectivity index (χ3v) is 4.17. The van der Waals surface area contributed by atoms with Crippen molar-refractivity contribution < 1.29 is 4.79 Å². The average Bonchev–Trinajstić information content (AvgIpc) is 2.49. The van der Waals surface area contributed by atoms with Crippen LogP contribution in [0, 0.1) is 20.8 Å². The minimum absolute atomic E-state index is 0.0461. The molecular formula is C20H25NO. The van der Waals surface area contributed by atoms with Crippen molar-refractivity contribution in [1.82, 2.24) is 5.32 Å². The molecule has 0 radical (unpaired) electrons. The van der Waals surface area contributed by atoms with Gasteiger partial charge >= 0.3 is 0 Å². The lowest BCUT2D eigenvalue weighted by molar-refractivity contribution is -0.121. The first-order chi connectivity index (χ1) is 10.5. The second kappa shape index (κ2) is 7.26. The van der Waals surface area contributed by atoms with Gasteiger partial charge in [0.25, 0.3) is 0 Å². The van der Waals surface area contributed by atoms with E-state index in [2.05, 4.69) is 68.6 Å². The molecule has 0 unspecified atom stereocenters. The van der Waals surface area contributed by atoms with Gasteiger partial charge in [-0.2, -0.15) is 0 Å². The minimum atomic E-state index is 0.0461. The lowest BCUT2D eigenvalue weighted by Gasteiger charge is -2.16. The standard InChI is InChI=1S/C20H25NO/c1-14-5-8-18(9-6-14)10-12-20(22)21-17(4)19-11-7-15(2)16(3)13-19/h5-9,11,13,17H,10,12H2,1-4H3,(H,21,22)/t17-/m0/s1. The maximum Gasteiger partial charge on any atom is 0.220 e. The molecule has 1 amide bonds. The second-order valence-corrected chi connectivity index (χ2v) is 6.12. The van der Waals surface area contributed by atoms with Crippen molar-refractivity contribution in [3.8, 4) is 0 Å². The zero-order valence-electron chi connectivity index (χ0n) is 13.9. The van der Waals surface area contributed by atoms with E-state index in [4.69, 9.17) is 0 Å². The summed E-state index contributed by atoms with van der Waals surface area (Å²) in [4.78, 5) is 12.1. The summed E-state index contributed by atoms with van der Waals surface area (Å²) in [5, 5.41) is 3.09. The molecule has 22 heavy (non-hydrogen) atoms. The zero-order valence-corrected chi connectivity index (χ0v) is 13.9. The van der Waals surface area contributed by atoms with Crippen LogP contribution in [0.1, 0.15) is 47.2 Å². The third-order valence-electron chi connectivity index (χ3n) is 4.17. The largest absolute Gasteiger partial charge is 0.350 e. The molecule has 0 aliphatic carbocycles. The van der Waals surface area contributed by atoms with Crippen molar-refractivity contribution in [2.45, 2.75) is 46.6 Å². The van der Waals surface area contributed by atoms with Gasteiger partial charge in [0, 0.05) is 6.42 Å². The molecule has 0 aliphatic rings. The average molecular weight is 295 g/mol. The first-order valence-corrected chi connectivity index (χ1v) is 7.88. The van der Waals surface area contributed by atoms with Crippen molar-refractivity contribution in [2.24, 2.45) is 0 Å². The summed E-state index contributed by atoms with van der Waals surface area (Å²) in [5.41, 5.74) is 6.16. The first-order valence-electron chi connectivity index (χ1n) is 7.88. The van der Waals surface area contributed by atoms with Crippen molar-refractivity contribution in [1.29, 1.82) is 0 Å². The SMILES string of the molecule is Cc1ccc(CCC(=O)N[C@@H](C)c2ccc(C)c(C)c2)cc1. The van der Waals surface area contributed by atoms with E-state index in [0.29, 0.717) is 6.42 Å². The molecule has 2 aromatic carbocycles. The first kappa shape index (κ1) is 16.3. The van der Waals surface area contributed by atoms with Gasteiger partial charge in [0.15, 0.2) is 0 Å². The molecular weight excluding hydrogens is 270 g/mol. The molecule has 0 aromatic heterocycles. The van der Waals surface area contributed by atoms with E-state index in [-0.39, 0.29) is 11.9 Å². The number of rotatable bonds is 5. The summed E-state index contributed by atoms with van der Waals surface area (Å²) in [6, 6.07) is 14.8. The van der Waals surface area contributed by atoms with Crippen molar-refractivity contribution >= 4 is 5.91 Å². The van der Waals surface area contributed by atoms with E-state index in [0.717, 1.165) is 12.0 Å². The lowest BCUT2D eigenvalue weighted by Crippen LogP contribution is -2.26. The number of carbonyl (C=O) groups is 1. The van der Waals surface area contributed by atoms with Gasteiger partial charge in [-0.15, -0.1) is 0 Å². The van der Waals surface area contributed by atoms with Gasteiger partial charge in [-0.3, -0.25) is 4.79 Å². The summed E-state index contributed by atoms with van der Waals surface area (Å²) in [5.74, 6) is 0.103. The summed E-state index contributed by atoms with van der Waals surface area (Å²) < 4.78 is 0. The molecule has 0 fully saturated rings. The van der Waals surface area contributed by atoms with Crippen LogP contribution < -0.4 is 5.32 Å². The number of carbonyl (C=O) groups excluding carboxylic acids is 1. The molecule has 2 nitrogen and oxygen atoms in total. The summed E-state index contributed by atoms with van der Waals surface area (Å²) in [6.07, 6.45) is 1.31. The fourth-order valence-electron chi connectivity index (χ4n) is 2.44. The number of hydrogen-bond donors (Lipinski definition) is 1. The monoisotopic (exact) mass is 295 g/mol. The number of benzene rings is 2. The predicted octanol–water partition coefficient (Wildman–Crippen LogP) is 4.42. The Bertz CT molecular complexity index is 643. The smallest absolute Gasteiger partial charge is 0.220 e. The molecule has 0 bridgehead atoms. The van der Waals surface area contributed by atoms with Gasteiger partial charge in [-0.25, -0.2) is 0 Å². The number of nitrogens with one attached hydrogen (secondary N) is 1. The van der Waals surface area contributed by atoms with Crippen LogP contribution in [-0.2, 0) is 11.2 Å². The number of hydrogen-bond acceptors (Lipinski definition) is 1. The van der Waals surface area contributed by atoms with Gasteiger partial charge in [0.2, 0.25) is 5.91 Å². The van der Waals surface area contributed by atoms with Crippen LogP contribution in [-0.4, -0.2) is 5.91 Å². The second-order valence-electron chi connectivity index (χ2n) is 6.12. The van der Waals surface area contributed by atoms with E-state index in [1.165, 1.54) is 22.3 Å². The Hall–Kier alpha value is -2.09. The normalized spacial score (nSPS) is 12.0. The predicted molar refractivity (Wildman–Crippen MR) is 92.0 cm³/mol.